The van der Waals surface area contributed by atoms with E-state index in [1.165, 1.54) is 6.20 Å². The summed E-state index contributed by atoms with van der Waals surface area (Å²) in [5, 5.41) is 3.99. The summed E-state index contributed by atoms with van der Waals surface area (Å²) in [5.74, 6) is -0.791. The van der Waals surface area contributed by atoms with E-state index in [4.69, 9.17) is 16.3 Å². The lowest BCUT2D eigenvalue weighted by molar-refractivity contribution is 0.407. The first-order chi connectivity index (χ1) is 13.5. The predicted octanol–water partition coefficient (Wildman–Crippen LogP) is 3.74. The minimum atomic E-state index is -0.891. The van der Waals surface area contributed by atoms with E-state index in [0.717, 1.165) is 40.1 Å². The maximum absolute atomic E-state index is 14.0. The molecule has 0 fully saturated rings. The smallest absolute Gasteiger partial charge is 0.292 e. The summed E-state index contributed by atoms with van der Waals surface area (Å²) in [6, 6.07) is 8.74. The lowest BCUT2D eigenvalue weighted by Gasteiger charge is -2.31. The van der Waals surface area contributed by atoms with Crippen LogP contribution in [-0.4, -0.2) is 23.4 Å². The van der Waals surface area contributed by atoms with Gasteiger partial charge in [-0.15, -0.1) is 0 Å². The summed E-state index contributed by atoms with van der Waals surface area (Å²) in [6.45, 7) is 1.17. The van der Waals surface area contributed by atoms with Gasteiger partial charge in [0.1, 0.15) is 22.3 Å². The Labute approximate surface area is 164 Å². The van der Waals surface area contributed by atoms with Crippen LogP contribution in [0.1, 0.15) is 11.1 Å². The van der Waals surface area contributed by atoms with Gasteiger partial charge in [0, 0.05) is 24.7 Å². The van der Waals surface area contributed by atoms with E-state index in [0.29, 0.717) is 24.8 Å². The molecule has 0 spiro atoms. The van der Waals surface area contributed by atoms with Gasteiger partial charge in [0.15, 0.2) is 5.82 Å². The number of ether oxygens (including phenoxy) is 1. The predicted molar refractivity (Wildman–Crippen MR) is 103 cm³/mol. The fourth-order valence-electron chi connectivity index (χ4n) is 3.44. The van der Waals surface area contributed by atoms with Crippen LogP contribution in [0.25, 0.3) is 5.69 Å². The minimum absolute atomic E-state index is 0.0647. The van der Waals surface area contributed by atoms with Crippen molar-refractivity contribution < 1.29 is 13.5 Å². The van der Waals surface area contributed by atoms with Crippen LogP contribution in [-0.2, 0) is 13.0 Å². The van der Waals surface area contributed by atoms with E-state index in [1.807, 2.05) is 23.1 Å². The molecule has 0 unspecified atom stereocenters. The molecule has 0 saturated heterocycles. The highest BCUT2D eigenvalue weighted by Gasteiger charge is 2.23. The molecular weight excluding hydrogens is 388 g/mol. The number of rotatable bonds is 3. The Bertz CT molecular complexity index is 1120. The molecule has 4 rings (SSSR count). The number of benzene rings is 2. The maximum Gasteiger partial charge on any atom is 0.292 e. The molecule has 3 aromatic rings. The lowest BCUT2D eigenvalue weighted by Crippen LogP contribution is -2.33. The first kappa shape index (κ1) is 18.4. The van der Waals surface area contributed by atoms with Crippen LogP contribution in [0, 0.1) is 11.6 Å². The fraction of sp³-hybridized carbons (Fsp3) is 0.200. The van der Waals surface area contributed by atoms with Crippen molar-refractivity contribution in [2.45, 2.75) is 13.0 Å². The van der Waals surface area contributed by atoms with Crippen LogP contribution in [0.5, 0.6) is 5.75 Å². The third kappa shape index (κ3) is 3.11. The largest absolute Gasteiger partial charge is 0.496 e. The van der Waals surface area contributed by atoms with Crippen LogP contribution in [0.3, 0.4) is 0 Å². The van der Waals surface area contributed by atoms with Gasteiger partial charge >= 0.3 is 0 Å². The number of fused-ring (bicyclic) bond motifs is 1. The normalized spacial score (nSPS) is 13.4. The van der Waals surface area contributed by atoms with E-state index < -0.39 is 17.2 Å². The summed E-state index contributed by atoms with van der Waals surface area (Å²) >= 11 is 6.31. The summed E-state index contributed by atoms with van der Waals surface area (Å²) in [4.78, 5) is 14.6. The van der Waals surface area contributed by atoms with Crippen molar-refractivity contribution >= 4 is 17.3 Å². The molecule has 0 radical (unpaired) electrons. The quantitative estimate of drug-likeness (QED) is 0.668. The molecule has 5 nitrogen and oxygen atoms in total. The Morgan fingerprint density at radius 2 is 2.00 bits per heavy atom. The van der Waals surface area contributed by atoms with Gasteiger partial charge in [0.05, 0.1) is 19.0 Å². The molecule has 8 heteroatoms. The van der Waals surface area contributed by atoms with Gasteiger partial charge in [-0.25, -0.2) is 8.78 Å². The molecule has 0 amide bonds. The highest BCUT2D eigenvalue weighted by Crippen LogP contribution is 2.32. The van der Waals surface area contributed by atoms with Crippen LogP contribution in [0.2, 0.25) is 5.02 Å². The van der Waals surface area contributed by atoms with Gasteiger partial charge in [0.25, 0.3) is 5.56 Å². The van der Waals surface area contributed by atoms with Crippen molar-refractivity contribution in [3.05, 3.63) is 80.7 Å². The van der Waals surface area contributed by atoms with Crippen LogP contribution in [0.4, 0.5) is 14.5 Å². The second-order valence-electron chi connectivity index (χ2n) is 6.43. The van der Waals surface area contributed by atoms with Gasteiger partial charge in [0.2, 0.25) is 0 Å². The Morgan fingerprint density at radius 3 is 2.75 bits per heavy atom. The molecule has 1 aliphatic rings. The van der Waals surface area contributed by atoms with Crippen LogP contribution >= 0.6 is 11.6 Å². The molecule has 0 bridgehead atoms. The number of hydrogen-bond acceptors (Lipinski definition) is 4. The minimum Gasteiger partial charge on any atom is -0.496 e. The van der Waals surface area contributed by atoms with Crippen molar-refractivity contribution in [2.75, 3.05) is 18.6 Å². The van der Waals surface area contributed by atoms with Crippen LogP contribution in [0.15, 0.2) is 47.4 Å². The lowest BCUT2D eigenvalue weighted by atomic mass is 9.98. The van der Waals surface area contributed by atoms with E-state index in [1.54, 1.807) is 7.11 Å². The monoisotopic (exact) mass is 403 g/mol. The molecular formula is C20H16ClF2N3O2. The number of hydrogen-bond donors (Lipinski definition) is 0. The Morgan fingerprint density at radius 1 is 1.18 bits per heavy atom. The third-order valence-corrected chi connectivity index (χ3v) is 5.18. The molecule has 28 heavy (non-hydrogen) atoms. The fourth-order valence-corrected chi connectivity index (χ4v) is 3.69. The summed E-state index contributed by atoms with van der Waals surface area (Å²) in [6.07, 6.45) is 2.16. The molecule has 2 heterocycles. The van der Waals surface area contributed by atoms with Crippen molar-refractivity contribution in [1.82, 2.24) is 9.78 Å². The number of nitrogens with zero attached hydrogens (tertiary/aromatic N) is 3. The van der Waals surface area contributed by atoms with E-state index in [2.05, 4.69) is 5.10 Å². The number of methoxy groups -OCH3 is 1. The Balaban J connectivity index is 1.70. The highest BCUT2D eigenvalue weighted by molar-refractivity contribution is 6.33. The molecule has 0 N–H and O–H groups in total. The zero-order chi connectivity index (χ0) is 19.8. The second kappa shape index (κ2) is 7.24. The molecule has 1 aromatic heterocycles. The van der Waals surface area contributed by atoms with Gasteiger partial charge in [-0.3, -0.25) is 4.79 Å². The van der Waals surface area contributed by atoms with Crippen molar-refractivity contribution in [3.8, 4) is 11.4 Å². The van der Waals surface area contributed by atoms with E-state index >= 15 is 0 Å². The summed E-state index contributed by atoms with van der Waals surface area (Å²) in [5.41, 5.74) is 1.86. The average molecular weight is 404 g/mol. The van der Waals surface area contributed by atoms with Crippen molar-refractivity contribution in [1.29, 1.82) is 0 Å². The number of aromatic nitrogens is 2. The molecule has 0 saturated carbocycles. The van der Waals surface area contributed by atoms with E-state index in [9.17, 15) is 13.6 Å². The van der Waals surface area contributed by atoms with Crippen LogP contribution < -0.4 is 15.2 Å². The molecule has 0 atom stereocenters. The van der Waals surface area contributed by atoms with E-state index in [-0.39, 0.29) is 10.7 Å². The Kier molecular flexibility index (Phi) is 4.77. The zero-order valence-electron chi connectivity index (χ0n) is 15.0. The standard InChI is InChI=1S/C20H16ClF2N3O2/c1-28-18-4-2-3-12-11-25(8-7-14(12)18)17-10-24-26(20(27)19(17)21)16-6-5-13(22)9-15(16)23/h2-6,9-10H,7-8,11H2,1H3. The average Bonchev–Trinajstić information content (AvgIpc) is 2.69. The molecule has 0 aliphatic carbocycles. The highest BCUT2D eigenvalue weighted by atomic mass is 35.5. The summed E-state index contributed by atoms with van der Waals surface area (Å²) < 4.78 is 33.4. The Hall–Kier alpha value is -2.93. The first-order valence-electron chi connectivity index (χ1n) is 8.62. The van der Waals surface area contributed by atoms with Gasteiger partial charge in [-0.1, -0.05) is 23.7 Å². The zero-order valence-corrected chi connectivity index (χ0v) is 15.7. The number of halogens is 3. The number of anilines is 1. The topological polar surface area (TPSA) is 47.4 Å². The molecule has 144 valence electrons. The summed E-state index contributed by atoms with van der Waals surface area (Å²) in [7, 11) is 1.64. The van der Waals surface area contributed by atoms with Crippen molar-refractivity contribution in [3.63, 3.8) is 0 Å². The SMILES string of the molecule is COc1cccc2c1CCN(c1cnn(-c3ccc(F)cc3F)c(=O)c1Cl)C2. The molecule has 2 aromatic carbocycles. The van der Waals surface area contributed by atoms with Gasteiger partial charge in [-0.05, 0) is 30.2 Å². The molecule has 1 aliphatic heterocycles. The van der Waals surface area contributed by atoms with Gasteiger partial charge in [-0.2, -0.15) is 9.78 Å². The maximum atomic E-state index is 14.0. The third-order valence-electron chi connectivity index (χ3n) is 4.82. The van der Waals surface area contributed by atoms with Gasteiger partial charge < -0.3 is 9.64 Å². The van der Waals surface area contributed by atoms with Crippen molar-refractivity contribution in [2.24, 2.45) is 0 Å². The first-order valence-corrected chi connectivity index (χ1v) is 9.00. The second-order valence-corrected chi connectivity index (χ2v) is 6.80.